The molecule has 0 heterocycles. The number of carbonyl (C=O) groups is 3. The molecule has 44 heavy (non-hydrogen) atoms. The van der Waals surface area contributed by atoms with Crippen molar-refractivity contribution in [3.8, 4) is 0 Å². The van der Waals surface area contributed by atoms with Gasteiger partial charge in [-0.05, 0) is 25.3 Å². The summed E-state index contributed by atoms with van der Waals surface area (Å²) in [7, 11) is 0.992. The Morgan fingerprint density at radius 2 is 1.36 bits per heavy atom. The standard InChI is InChI=1S/C32H60NO10P/c1-5-6-7-8-9-10-11-12-13-14-15-16-17-22-31(36)40-27-30(28-42-44(38,39)41-26-24-33(2,3)4)43-32(37)23-18-20-29(35)21-19-25-34/h19,21,25,29-30,35H,5-18,20,22-24,26-28H2,1-4H3/b21-19+/t29?,30-/m1/s1. The Hall–Kier alpha value is -1.62. The number of nitrogens with zero attached hydrogens (tertiary/aromatic N) is 1. The second kappa shape index (κ2) is 26.6. The Kier molecular flexibility index (Phi) is 25.6. The van der Waals surface area contributed by atoms with E-state index in [2.05, 4.69) is 6.92 Å². The van der Waals surface area contributed by atoms with Crippen molar-refractivity contribution in [3.05, 3.63) is 12.2 Å². The van der Waals surface area contributed by atoms with Crippen LogP contribution < -0.4 is 4.89 Å². The lowest BCUT2D eigenvalue weighted by molar-refractivity contribution is -0.870. The van der Waals surface area contributed by atoms with E-state index in [9.17, 15) is 28.9 Å². The molecular formula is C32H60NO10P. The first kappa shape index (κ1) is 42.4. The summed E-state index contributed by atoms with van der Waals surface area (Å²) in [5.41, 5.74) is 0. The topological polar surface area (TPSA) is 148 Å². The Balaban J connectivity index is 4.48. The van der Waals surface area contributed by atoms with Gasteiger partial charge in [0.2, 0.25) is 0 Å². The van der Waals surface area contributed by atoms with Crippen LogP contribution in [0.25, 0.3) is 0 Å². The Labute approximate surface area is 265 Å². The zero-order valence-electron chi connectivity index (χ0n) is 27.8. The van der Waals surface area contributed by atoms with E-state index in [1.807, 2.05) is 21.1 Å². The largest absolute Gasteiger partial charge is 0.756 e. The first-order chi connectivity index (χ1) is 20.9. The predicted octanol–water partition coefficient (Wildman–Crippen LogP) is 5.42. The number of phosphoric acid groups is 1. The van der Waals surface area contributed by atoms with E-state index in [1.165, 1.54) is 69.9 Å². The quantitative estimate of drug-likeness (QED) is 0.0267. The van der Waals surface area contributed by atoms with Crippen molar-refractivity contribution in [2.24, 2.45) is 0 Å². The third-order valence-corrected chi connectivity index (χ3v) is 7.90. The molecule has 11 nitrogen and oxygen atoms in total. The van der Waals surface area contributed by atoms with E-state index in [0.29, 0.717) is 23.7 Å². The third kappa shape index (κ3) is 29.1. The summed E-state index contributed by atoms with van der Waals surface area (Å²) in [5, 5.41) is 9.75. The highest BCUT2D eigenvalue weighted by Gasteiger charge is 2.22. The second-order valence-electron chi connectivity index (χ2n) is 12.4. The monoisotopic (exact) mass is 649 g/mol. The van der Waals surface area contributed by atoms with Crippen LogP contribution in [-0.4, -0.2) is 87.5 Å². The summed E-state index contributed by atoms with van der Waals surface area (Å²) in [6, 6.07) is 0. The molecule has 1 N–H and O–H groups in total. The third-order valence-electron chi connectivity index (χ3n) is 6.94. The molecule has 0 spiro atoms. The number of phosphoric ester groups is 1. The second-order valence-corrected chi connectivity index (χ2v) is 13.8. The Morgan fingerprint density at radius 1 is 0.818 bits per heavy atom. The summed E-state index contributed by atoms with van der Waals surface area (Å²) in [6.45, 7) is 1.67. The highest BCUT2D eigenvalue weighted by molar-refractivity contribution is 7.45. The van der Waals surface area contributed by atoms with E-state index < -0.39 is 38.6 Å². The van der Waals surface area contributed by atoms with E-state index in [-0.39, 0.29) is 38.9 Å². The van der Waals surface area contributed by atoms with Crippen LogP contribution in [0.4, 0.5) is 0 Å². The van der Waals surface area contributed by atoms with Crippen molar-refractivity contribution in [1.29, 1.82) is 0 Å². The molecule has 0 bridgehead atoms. The highest BCUT2D eigenvalue weighted by Crippen LogP contribution is 2.38. The van der Waals surface area contributed by atoms with Gasteiger partial charge in [-0.25, -0.2) is 0 Å². The van der Waals surface area contributed by atoms with Crippen molar-refractivity contribution < 1.29 is 52.0 Å². The van der Waals surface area contributed by atoms with E-state index in [4.69, 9.17) is 18.5 Å². The van der Waals surface area contributed by atoms with Crippen LogP contribution in [0.2, 0.25) is 0 Å². The zero-order valence-corrected chi connectivity index (χ0v) is 28.6. The van der Waals surface area contributed by atoms with Crippen LogP contribution in [0.15, 0.2) is 12.2 Å². The summed E-state index contributed by atoms with van der Waals surface area (Å²) in [6.07, 6.45) is 17.2. The van der Waals surface area contributed by atoms with Crippen LogP contribution in [0.5, 0.6) is 0 Å². The number of ether oxygens (including phenoxy) is 2. The van der Waals surface area contributed by atoms with Gasteiger partial charge in [0, 0.05) is 12.8 Å². The van der Waals surface area contributed by atoms with E-state index in [0.717, 1.165) is 19.3 Å². The molecule has 0 fully saturated rings. The highest BCUT2D eigenvalue weighted by atomic mass is 31.2. The number of esters is 2. The van der Waals surface area contributed by atoms with Gasteiger partial charge in [-0.15, -0.1) is 0 Å². The van der Waals surface area contributed by atoms with Gasteiger partial charge in [-0.1, -0.05) is 90.0 Å². The number of likely N-dealkylation sites (N-methyl/N-ethyl adjacent to an activating group) is 1. The van der Waals surface area contributed by atoms with Crippen molar-refractivity contribution in [2.45, 2.75) is 128 Å². The van der Waals surface area contributed by atoms with E-state index in [1.54, 1.807) is 0 Å². The minimum Gasteiger partial charge on any atom is -0.756 e. The van der Waals surface area contributed by atoms with Gasteiger partial charge in [0.25, 0.3) is 7.82 Å². The van der Waals surface area contributed by atoms with Crippen molar-refractivity contribution in [2.75, 3.05) is 47.5 Å². The first-order valence-electron chi connectivity index (χ1n) is 16.4. The number of carbonyl (C=O) groups excluding carboxylic acids is 3. The lowest BCUT2D eigenvalue weighted by atomic mass is 10.0. The zero-order chi connectivity index (χ0) is 33.1. The molecule has 0 aromatic heterocycles. The number of hydrogen-bond donors (Lipinski definition) is 1. The minimum absolute atomic E-state index is 0.0650. The molecule has 0 aliphatic carbocycles. The lowest BCUT2D eigenvalue weighted by Gasteiger charge is -2.28. The average Bonchev–Trinajstić information content (AvgIpc) is 2.95. The van der Waals surface area contributed by atoms with Crippen LogP contribution >= 0.6 is 7.82 Å². The maximum absolute atomic E-state index is 12.4. The van der Waals surface area contributed by atoms with Gasteiger partial charge < -0.3 is 33.0 Å². The molecule has 2 unspecified atom stereocenters. The van der Waals surface area contributed by atoms with Gasteiger partial charge in [0.05, 0.1) is 33.9 Å². The Bertz CT molecular complexity index is 830. The number of quaternary nitrogens is 1. The molecule has 0 aromatic carbocycles. The molecule has 3 atom stereocenters. The molecule has 0 saturated carbocycles. The minimum atomic E-state index is -4.67. The van der Waals surface area contributed by atoms with Gasteiger partial charge >= 0.3 is 11.9 Å². The van der Waals surface area contributed by atoms with Crippen LogP contribution in [0.1, 0.15) is 116 Å². The van der Waals surface area contributed by atoms with Gasteiger partial charge in [0.15, 0.2) is 6.10 Å². The first-order valence-corrected chi connectivity index (χ1v) is 17.9. The van der Waals surface area contributed by atoms with Crippen LogP contribution in [-0.2, 0) is 37.5 Å². The maximum Gasteiger partial charge on any atom is 0.306 e. The number of rotatable bonds is 30. The summed E-state index contributed by atoms with van der Waals surface area (Å²) < 4.78 is 33.1. The molecule has 0 saturated heterocycles. The number of aldehydes is 1. The molecule has 0 aliphatic heterocycles. The molecule has 0 amide bonds. The Morgan fingerprint density at radius 3 is 1.91 bits per heavy atom. The van der Waals surface area contributed by atoms with Gasteiger partial charge in [0.1, 0.15) is 26.0 Å². The normalized spacial score (nSPS) is 14.7. The molecule has 12 heteroatoms. The molecule has 258 valence electrons. The van der Waals surface area contributed by atoms with E-state index >= 15 is 0 Å². The van der Waals surface area contributed by atoms with Gasteiger partial charge in [-0.2, -0.15) is 0 Å². The number of allylic oxidation sites excluding steroid dienone is 1. The maximum atomic E-state index is 12.4. The summed E-state index contributed by atoms with van der Waals surface area (Å²) in [4.78, 5) is 47.2. The molecular weight excluding hydrogens is 589 g/mol. The SMILES string of the molecule is CCCCCCCCCCCCCCCC(=O)OC[C@H](COP(=O)([O-])OCC[N+](C)(C)C)OC(=O)CCCC(O)/C=C/C=O. The molecule has 0 rings (SSSR count). The number of aliphatic hydroxyl groups excluding tert-OH is 1. The summed E-state index contributed by atoms with van der Waals surface area (Å²) >= 11 is 0. The number of hydrogen-bond acceptors (Lipinski definition) is 10. The smallest absolute Gasteiger partial charge is 0.306 e. The fourth-order valence-corrected chi connectivity index (χ4v) is 5.00. The summed E-state index contributed by atoms with van der Waals surface area (Å²) in [5.74, 6) is -1.12. The number of aliphatic hydroxyl groups is 1. The van der Waals surface area contributed by atoms with Crippen molar-refractivity contribution in [3.63, 3.8) is 0 Å². The molecule has 0 radical (unpaired) electrons. The average molecular weight is 650 g/mol. The molecule has 0 aromatic rings. The van der Waals surface area contributed by atoms with Crippen LogP contribution in [0, 0.1) is 0 Å². The van der Waals surface area contributed by atoms with Gasteiger partial charge in [-0.3, -0.25) is 18.9 Å². The van der Waals surface area contributed by atoms with Crippen molar-refractivity contribution in [1.82, 2.24) is 0 Å². The van der Waals surface area contributed by atoms with Crippen LogP contribution in [0.3, 0.4) is 0 Å². The van der Waals surface area contributed by atoms with Crippen molar-refractivity contribution >= 4 is 26.0 Å². The lowest BCUT2D eigenvalue weighted by Crippen LogP contribution is -2.37. The predicted molar refractivity (Wildman–Crippen MR) is 169 cm³/mol. The molecule has 0 aliphatic rings. The fraction of sp³-hybridized carbons (Fsp3) is 0.844. The fourth-order valence-electron chi connectivity index (χ4n) is 4.27. The number of unbranched alkanes of at least 4 members (excludes halogenated alkanes) is 12.